The van der Waals surface area contributed by atoms with Crippen LogP contribution < -0.4 is 16.2 Å². The van der Waals surface area contributed by atoms with Crippen LogP contribution in [-0.2, 0) is 4.79 Å². The van der Waals surface area contributed by atoms with Crippen LogP contribution in [-0.4, -0.2) is 40.5 Å². The van der Waals surface area contributed by atoms with E-state index in [1.165, 1.54) is 0 Å². The molecule has 27 heavy (non-hydrogen) atoms. The molecule has 4 N–H and O–H groups in total. The van der Waals surface area contributed by atoms with Gasteiger partial charge in [-0.1, -0.05) is 19.1 Å². The van der Waals surface area contributed by atoms with Gasteiger partial charge in [0.05, 0.1) is 5.69 Å². The van der Waals surface area contributed by atoms with Gasteiger partial charge in [-0.15, -0.1) is 0 Å². The van der Waals surface area contributed by atoms with Crippen LogP contribution in [0.1, 0.15) is 25.3 Å². The van der Waals surface area contributed by atoms with Crippen LogP contribution in [0.2, 0.25) is 0 Å². The van der Waals surface area contributed by atoms with Crippen LogP contribution in [0, 0.1) is 17.2 Å². The van der Waals surface area contributed by atoms with E-state index in [0.717, 1.165) is 25.9 Å². The highest BCUT2D eigenvalue weighted by Gasteiger charge is 2.22. The number of para-hydroxylation sites is 1. The Morgan fingerprint density at radius 2 is 2.00 bits per heavy atom. The van der Waals surface area contributed by atoms with E-state index in [9.17, 15) is 10.1 Å². The van der Waals surface area contributed by atoms with Gasteiger partial charge in [-0.2, -0.15) is 10.2 Å². The molecule has 0 unspecified atom stereocenters. The number of hydrogen-bond donors (Lipinski definition) is 2. The Morgan fingerprint density at radius 3 is 2.70 bits per heavy atom. The van der Waals surface area contributed by atoms with Crippen molar-refractivity contribution in [2.75, 3.05) is 31.2 Å². The average Bonchev–Trinajstić information content (AvgIpc) is 2.66. The summed E-state index contributed by atoms with van der Waals surface area (Å²) in [5, 5.41) is 9.40. The third kappa shape index (κ3) is 4.08. The predicted molar refractivity (Wildman–Crippen MR) is 101 cm³/mol. The van der Waals surface area contributed by atoms with Gasteiger partial charge in [0.15, 0.2) is 6.61 Å². The number of carbonyl (C=O) groups excluding carboxylic acids is 1. The summed E-state index contributed by atoms with van der Waals surface area (Å²) in [7, 11) is 0. The number of rotatable bonds is 4. The standard InChI is InChI=1S/C19H22N6O2/c1-12-6-8-25(9-7-12)16(26)11-27-15-5-3-2-4-13(15)17-14(10-20)18(21)24-19(22)23-17/h2-5,12H,6-9,11H2,1H3,(H4,21,22,23,24). The number of ether oxygens (including phenoxy) is 1. The fourth-order valence-electron chi connectivity index (χ4n) is 3.08. The highest BCUT2D eigenvalue weighted by molar-refractivity contribution is 5.80. The molecule has 1 saturated heterocycles. The van der Waals surface area contributed by atoms with Crippen molar-refractivity contribution in [2.45, 2.75) is 19.8 Å². The van der Waals surface area contributed by atoms with E-state index in [0.29, 0.717) is 17.2 Å². The summed E-state index contributed by atoms with van der Waals surface area (Å²) >= 11 is 0. The molecule has 1 aromatic heterocycles. The van der Waals surface area contributed by atoms with Crippen molar-refractivity contribution < 1.29 is 9.53 Å². The van der Waals surface area contributed by atoms with E-state index in [1.807, 2.05) is 11.0 Å². The minimum atomic E-state index is -0.0800. The molecule has 2 heterocycles. The maximum Gasteiger partial charge on any atom is 0.260 e. The van der Waals surface area contributed by atoms with Crippen molar-refractivity contribution in [3.63, 3.8) is 0 Å². The van der Waals surface area contributed by atoms with E-state index in [-0.39, 0.29) is 35.5 Å². The normalized spacial score (nSPS) is 14.6. The molecular formula is C19H22N6O2. The summed E-state index contributed by atoms with van der Waals surface area (Å²) in [6, 6.07) is 9.03. The summed E-state index contributed by atoms with van der Waals surface area (Å²) in [6.07, 6.45) is 2.01. The van der Waals surface area contributed by atoms with E-state index in [2.05, 4.69) is 16.9 Å². The van der Waals surface area contributed by atoms with Gasteiger partial charge in [0.25, 0.3) is 5.91 Å². The van der Waals surface area contributed by atoms with Crippen molar-refractivity contribution in [3.8, 4) is 23.1 Å². The van der Waals surface area contributed by atoms with Crippen LogP contribution in [0.4, 0.5) is 11.8 Å². The second-order valence-corrected chi connectivity index (χ2v) is 6.65. The first kappa shape index (κ1) is 18.5. The van der Waals surface area contributed by atoms with E-state index < -0.39 is 0 Å². The lowest BCUT2D eigenvalue weighted by Gasteiger charge is -2.30. The van der Waals surface area contributed by atoms with Crippen LogP contribution in [0.15, 0.2) is 24.3 Å². The molecule has 0 radical (unpaired) electrons. The van der Waals surface area contributed by atoms with E-state index >= 15 is 0 Å². The Kier molecular flexibility index (Phi) is 5.41. The number of piperidine rings is 1. The Bertz CT molecular complexity index is 884. The largest absolute Gasteiger partial charge is 0.483 e. The van der Waals surface area contributed by atoms with Crippen molar-refractivity contribution in [1.82, 2.24) is 14.9 Å². The van der Waals surface area contributed by atoms with Gasteiger partial charge in [0, 0.05) is 18.7 Å². The number of anilines is 2. The Hall–Kier alpha value is -3.34. The van der Waals surface area contributed by atoms with Crippen molar-refractivity contribution in [1.29, 1.82) is 5.26 Å². The number of hydrogen-bond acceptors (Lipinski definition) is 7. The molecule has 1 aromatic carbocycles. The summed E-state index contributed by atoms with van der Waals surface area (Å²) < 4.78 is 5.77. The molecule has 3 rings (SSSR count). The highest BCUT2D eigenvalue weighted by atomic mass is 16.5. The lowest BCUT2D eigenvalue weighted by molar-refractivity contribution is -0.134. The summed E-state index contributed by atoms with van der Waals surface area (Å²) in [4.78, 5) is 22.2. The number of nitriles is 1. The monoisotopic (exact) mass is 366 g/mol. The minimum absolute atomic E-state index is 0.00770. The molecule has 8 nitrogen and oxygen atoms in total. The average molecular weight is 366 g/mol. The van der Waals surface area contributed by atoms with Crippen molar-refractivity contribution in [3.05, 3.63) is 29.8 Å². The molecule has 1 aliphatic rings. The quantitative estimate of drug-likeness (QED) is 0.843. The molecule has 8 heteroatoms. The lowest BCUT2D eigenvalue weighted by Crippen LogP contribution is -2.40. The second-order valence-electron chi connectivity index (χ2n) is 6.65. The highest BCUT2D eigenvalue weighted by Crippen LogP contribution is 2.32. The maximum absolute atomic E-state index is 12.4. The third-order valence-electron chi connectivity index (χ3n) is 4.70. The van der Waals surface area contributed by atoms with E-state index in [1.54, 1.807) is 24.3 Å². The fourth-order valence-corrected chi connectivity index (χ4v) is 3.08. The summed E-state index contributed by atoms with van der Waals surface area (Å²) in [5.41, 5.74) is 12.4. The van der Waals surface area contributed by atoms with Crippen LogP contribution >= 0.6 is 0 Å². The Labute approximate surface area is 157 Å². The topological polar surface area (TPSA) is 131 Å². The van der Waals surface area contributed by atoms with E-state index in [4.69, 9.17) is 16.2 Å². The number of nitrogens with zero attached hydrogens (tertiary/aromatic N) is 4. The number of benzene rings is 1. The number of aromatic nitrogens is 2. The molecule has 0 bridgehead atoms. The SMILES string of the molecule is CC1CCN(C(=O)COc2ccccc2-c2nc(N)nc(N)c2C#N)CC1. The van der Waals surface area contributed by atoms with Crippen LogP contribution in [0.5, 0.6) is 5.75 Å². The lowest BCUT2D eigenvalue weighted by atomic mass is 9.99. The van der Waals surface area contributed by atoms with Gasteiger partial charge in [-0.05, 0) is 30.9 Å². The van der Waals surface area contributed by atoms with Crippen LogP contribution in [0.25, 0.3) is 11.3 Å². The molecule has 1 aliphatic heterocycles. The van der Waals surface area contributed by atoms with Crippen molar-refractivity contribution >= 4 is 17.7 Å². The van der Waals surface area contributed by atoms with Gasteiger partial charge in [0.2, 0.25) is 5.95 Å². The fraction of sp³-hybridized carbons (Fsp3) is 0.368. The maximum atomic E-state index is 12.4. The Balaban J connectivity index is 1.82. The number of nitrogen functional groups attached to an aromatic ring is 2. The zero-order chi connectivity index (χ0) is 19.4. The van der Waals surface area contributed by atoms with Gasteiger partial charge in [-0.25, -0.2) is 4.98 Å². The van der Waals surface area contributed by atoms with Gasteiger partial charge < -0.3 is 21.1 Å². The Morgan fingerprint density at radius 1 is 1.30 bits per heavy atom. The van der Waals surface area contributed by atoms with Gasteiger partial charge in [0.1, 0.15) is 23.2 Å². The zero-order valence-electron chi connectivity index (χ0n) is 15.2. The first-order chi connectivity index (χ1) is 13.0. The molecule has 1 fully saturated rings. The molecule has 0 atom stereocenters. The molecule has 2 aromatic rings. The molecule has 0 aliphatic carbocycles. The van der Waals surface area contributed by atoms with Crippen molar-refractivity contribution in [2.24, 2.45) is 5.92 Å². The number of nitrogens with two attached hydrogens (primary N) is 2. The second kappa shape index (κ2) is 7.91. The molecule has 0 saturated carbocycles. The zero-order valence-corrected chi connectivity index (χ0v) is 15.2. The van der Waals surface area contributed by atoms with Gasteiger partial charge >= 0.3 is 0 Å². The molecular weight excluding hydrogens is 344 g/mol. The number of carbonyl (C=O) groups is 1. The molecule has 0 spiro atoms. The summed E-state index contributed by atoms with van der Waals surface area (Å²) in [5.74, 6) is 1.00. The van der Waals surface area contributed by atoms with Crippen LogP contribution in [0.3, 0.4) is 0 Å². The number of likely N-dealkylation sites (tertiary alicyclic amines) is 1. The van der Waals surface area contributed by atoms with Gasteiger partial charge in [-0.3, -0.25) is 4.79 Å². The first-order valence-corrected chi connectivity index (χ1v) is 8.82. The predicted octanol–water partition coefficient (Wildman–Crippen LogP) is 1.82. The molecule has 140 valence electrons. The summed E-state index contributed by atoms with van der Waals surface area (Å²) in [6.45, 7) is 3.62. The first-order valence-electron chi connectivity index (χ1n) is 8.82. The third-order valence-corrected chi connectivity index (χ3v) is 4.70. The molecule has 1 amide bonds. The minimum Gasteiger partial charge on any atom is -0.483 e. The number of amides is 1. The smallest absolute Gasteiger partial charge is 0.260 e.